The smallest absolute Gasteiger partial charge is 0.337 e. The number of hydrogen-bond acceptors (Lipinski definition) is 8. The molecule has 4 aromatic carbocycles. The molecule has 1 heterocycles. The van der Waals surface area contributed by atoms with Crippen molar-refractivity contribution < 1.29 is 9.90 Å². The monoisotopic (exact) mass is 501 g/mol. The summed E-state index contributed by atoms with van der Waals surface area (Å²) in [4.78, 5) is 21.1. The summed E-state index contributed by atoms with van der Waals surface area (Å²) in [6.07, 6.45) is 0. The predicted octanol–water partition coefficient (Wildman–Crippen LogP) is 7.82. The number of carboxylic acids is 1. The van der Waals surface area contributed by atoms with Crippen LogP contribution in [-0.2, 0) is 0 Å². The van der Waals surface area contributed by atoms with Crippen LogP contribution < -0.4 is 16.0 Å². The number of azo groups is 1. The zero-order valence-electron chi connectivity index (χ0n) is 20.1. The average Bonchev–Trinajstić information content (AvgIpc) is 2.94. The van der Waals surface area contributed by atoms with Gasteiger partial charge in [0.1, 0.15) is 5.69 Å². The standard InChI is InChI=1S/C29H23N7O2/c37-28(38)23-18-10-11-19-24(23)35-36-25-26(30-20-12-4-1-5-13-20)33-29(32-22-16-8-3-9-17-22)34-27(25)31-21-14-6-2-7-15-21/h1-19H,(H,37,38)(H3,30,31,32,33,34). The Balaban J connectivity index is 1.64. The van der Waals surface area contributed by atoms with Crippen LogP contribution in [0, 0.1) is 0 Å². The van der Waals surface area contributed by atoms with E-state index in [2.05, 4.69) is 26.2 Å². The van der Waals surface area contributed by atoms with Gasteiger partial charge in [0.15, 0.2) is 17.3 Å². The van der Waals surface area contributed by atoms with Gasteiger partial charge in [-0.2, -0.15) is 9.97 Å². The van der Waals surface area contributed by atoms with Gasteiger partial charge in [0, 0.05) is 17.1 Å². The van der Waals surface area contributed by atoms with E-state index in [4.69, 9.17) is 9.97 Å². The molecule has 0 unspecified atom stereocenters. The molecule has 1 aromatic heterocycles. The van der Waals surface area contributed by atoms with Crippen LogP contribution in [0.4, 0.5) is 46.0 Å². The summed E-state index contributed by atoms with van der Waals surface area (Å²) in [6, 6.07) is 35.0. The fourth-order valence-corrected chi connectivity index (χ4v) is 3.59. The van der Waals surface area contributed by atoms with E-state index in [1.807, 2.05) is 91.0 Å². The number of nitrogens with one attached hydrogen (secondary N) is 3. The topological polar surface area (TPSA) is 124 Å². The van der Waals surface area contributed by atoms with Crippen LogP contribution in [0.2, 0.25) is 0 Å². The van der Waals surface area contributed by atoms with Crippen molar-refractivity contribution in [1.82, 2.24) is 9.97 Å². The highest BCUT2D eigenvalue weighted by atomic mass is 16.4. The molecule has 9 heteroatoms. The Morgan fingerprint density at radius 3 is 1.53 bits per heavy atom. The second kappa shape index (κ2) is 11.4. The van der Waals surface area contributed by atoms with Gasteiger partial charge in [-0.05, 0) is 48.5 Å². The lowest BCUT2D eigenvalue weighted by Crippen LogP contribution is -2.05. The summed E-state index contributed by atoms with van der Waals surface area (Å²) in [7, 11) is 0. The van der Waals surface area contributed by atoms with Crippen molar-refractivity contribution >= 4 is 52.0 Å². The third-order valence-electron chi connectivity index (χ3n) is 5.38. The van der Waals surface area contributed by atoms with Crippen LogP contribution in [0.5, 0.6) is 0 Å². The molecule has 0 aliphatic carbocycles. The lowest BCUT2D eigenvalue weighted by Gasteiger charge is -2.15. The molecule has 0 amide bonds. The quantitative estimate of drug-likeness (QED) is 0.152. The number of aromatic nitrogens is 2. The van der Waals surface area contributed by atoms with Crippen molar-refractivity contribution in [2.45, 2.75) is 0 Å². The maximum absolute atomic E-state index is 11.7. The number of para-hydroxylation sites is 3. The molecule has 0 fully saturated rings. The van der Waals surface area contributed by atoms with Gasteiger partial charge in [0.05, 0.1) is 5.56 Å². The highest BCUT2D eigenvalue weighted by Gasteiger charge is 2.17. The Bertz CT molecular complexity index is 1500. The minimum atomic E-state index is -1.09. The summed E-state index contributed by atoms with van der Waals surface area (Å²) in [5.41, 5.74) is 2.93. The molecule has 0 bridgehead atoms. The summed E-state index contributed by atoms with van der Waals surface area (Å²) >= 11 is 0. The van der Waals surface area contributed by atoms with E-state index < -0.39 is 5.97 Å². The molecule has 5 aromatic rings. The molecule has 186 valence electrons. The van der Waals surface area contributed by atoms with Crippen molar-refractivity contribution in [2.24, 2.45) is 10.2 Å². The van der Waals surface area contributed by atoms with Crippen molar-refractivity contribution in [3.05, 3.63) is 121 Å². The zero-order valence-corrected chi connectivity index (χ0v) is 20.1. The first kappa shape index (κ1) is 24.1. The van der Waals surface area contributed by atoms with E-state index in [0.717, 1.165) is 17.1 Å². The summed E-state index contributed by atoms with van der Waals surface area (Å²) in [6.45, 7) is 0. The van der Waals surface area contributed by atoms with Crippen molar-refractivity contribution in [2.75, 3.05) is 16.0 Å². The fourth-order valence-electron chi connectivity index (χ4n) is 3.59. The maximum atomic E-state index is 11.7. The first-order valence-electron chi connectivity index (χ1n) is 11.8. The Morgan fingerprint density at radius 2 is 1.03 bits per heavy atom. The Kier molecular flexibility index (Phi) is 7.27. The van der Waals surface area contributed by atoms with Gasteiger partial charge < -0.3 is 21.1 Å². The molecule has 0 radical (unpaired) electrons. The Labute approximate surface area is 219 Å². The van der Waals surface area contributed by atoms with E-state index in [1.54, 1.807) is 18.2 Å². The van der Waals surface area contributed by atoms with Gasteiger partial charge >= 0.3 is 5.97 Å². The van der Waals surface area contributed by atoms with E-state index >= 15 is 0 Å². The summed E-state index contributed by atoms with van der Waals surface area (Å²) in [5.74, 6) is -0.0133. The van der Waals surface area contributed by atoms with Crippen molar-refractivity contribution in [3.8, 4) is 0 Å². The van der Waals surface area contributed by atoms with Crippen molar-refractivity contribution in [3.63, 3.8) is 0 Å². The number of rotatable bonds is 9. The van der Waals surface area contributed by atoms with Gasteiger partial charge in [0.25, 0.3) is 0 Å². The van der Waals surface area contributed by atoms with Crippen LogP contribution in [-0.4, -0.2) is 21.0 Å². The molecule has 0 aliphatic heterocycles. The molecule has 0 saturated heterocycles. The number of hydrogen-bond donors (Lipinski definition) is 4. The van der Waals surface area contributed by atoms with Crippen LogP contribution in [0.1, 0.15) is 10.4 Å². The van der Waals surface area contributed by atoms with Crippen molar-refractivity contribution in [1.29, 1.82) is 0 Å². The number of carboxylic acid groups (broad SMARTS) is 1. The first-order chi connectivity index (χ1) is 18.7. The number of nitrogens with zero attached hydrogens (tertiary/aromatic N) is 4. The lowest BCUT2D eigenvalue weighted by atomic mass is 10.2. The number of benzene rings is 4. The number of anilines is 6. The first-order valence-corrected chi connectivity index (χ1v) is 11.8. The highest BCUT2D eigenvalue weighted by molar-refractivity contribution is 5.93. The van der Waals surface area contributed by atoms with E-state index in [0.29, 0.717) is 23.3 Å². The maximum Gasteiger partial charge on any atom is 0.337 e. The molecule has 9 nitrogen and oxygen atoms in total. The van der Waals surface area contributed by atoms with Crippen LogP contribution in [0.3, 0.4) is 0 Å². The van der Waals surface area contributed by atoms with Gasteiger partial charge in [-0.3, -0.25) is 0 Å². The number of carbonyl (C=O) groups is 1. The molecule has 4 N–H and O–H groups in total. The van der Waals surface area contributed by atoms with Crippen LogP contribution in [0.25, 0.3) is 0 Å². The van der Waals surface area contributed by atoms with E-state index in [-0.39, 0.29) is 11.3 Å². The Morgan fingerprint density at radius 1 is 0.579 bits per heavy atom. The van der Waals surface area contributed by atoms with Gasteiger partial charge in [0.2, 0.25) is 5.95 Å². The molecule has 0 saturated carbocycles. The SMILES string of the molecule is O=C(O)c1ccccc1N=Nc1c(Nc2ccccc2)nc(Nc2ccccc2)nc1Nc1ccccc1. The normalized spacial score (nSPS) is 10.7. The third kappa shape index (κ3) is 5.97. The fraction of sp³-hybridized carbons (Fsp3) is 0. The molecule has 5 rings (SSSR count). The van der Waals surface area contributed by atoms with Gasteiger partial charge in [-0.1, -0.05) is 66.7 Å². The minimum Gasteiger partial charge on any atom is -0.478 e. The molecule has 0 spiro atoms. The van der Waals surface area contributed by atoms with E-state index in [1.165, 1.54) is 6.07 Å². The largest absolute Gasteiger partial charge is 0.478 e. The summed E-state index contributed by atoms with van der Waals surface area (Å²) < 4.78 is 0. The molecule has 0 atom stereocenters. The molecule has 38 heavy (non-hydrogen) atoms. The zero-order chi connectivity index (χ0) is 26.2. The predicted molar refractivity (Wildman–Crippen MR) is 149 cm³/mol. The third-order valence-corrected chi connectivity index (χ3v) is 5.38. The van der Waals surface area contributed by atoms with Crippen LogP contribution in [0.15, 0.2) is 125 Å². The van der Waals surface area contributed by atoms with Crippen LogP contribution >= 0.6 is 0 Å². The summed E-state index contributed by atoms with van der Waals surface area (Å²) in [5, 5.41) is 28.1. The second-order valence-electron chi connectivity index (χ2n) is 8.09. The second-order valence-corrected chi connectivity index (χ2v) is 8.09. The molecular formula is C29H23N7O2. The molecular weight excluding hydrogens is 478 g/mol. The Hall–Kier alpha value is -5.57. The van der Waals surface area contributed by atoms with Gasteiger partial charge in [-0.15, -0.1) is 10.2 Å². The van der Waals surface area contributed by atoms with Gasteiger partial charge in [-0.25, -0.2) is 4.79 Å². The average molecular weight is 502 g/mol. The lowest BCUT2D eigenvalue weighted by molar-refractivity contribution is 0.0697. The molecule has 0 aliphatic rings. The minimum absolute atomic E-state index is 0.0367. The highest BCUT2D eigenvalue weighted by Crippen LogP contribution is 2.37. The number of aromatic carboxylic acids is 1. The van der Waals surface area contributed by atoms with E-state index in [9.17, 15) is 9.90 Å².